The Morgan fingerprint density at radius 1 is 1.33 bits per heavy atom. The molecule has 3 aromatic rings. The standard InChI is InChI=1S/C15H17N5S/c1-9(2)14-18-19-15(21)20(14)16-8-12-10(3)17-13-7-5-4-6-11(12)13/h4-9,17H,1-3H3,(H,19,21)/b16-8-. The van der Waals surface area contributed by atoms with E-state index in [0.29, 0.717) is 4.77 Å². The minimum absolute atomic E-state index is 0.249. The quantitative estimate of drug-likeness (QED) is 0.571. The molecule has 6 heteroatoms. The van der Waals surface area contributed by atoms with E-state index in [-0.39, 0.29) is 5.92 Å². The van der Waals surface area contributed by atoms with Crippen molar-refractivity contribution >= 4 is 29.3 Å². The summed E-state index contributed by atoms with van der Waals surface area (Å²) in [6, 6.07) is 8.18. The van der Waals surface area contributed by atoms with Crippen LogP contribution in [-0.2, 0) is 0 Å². The van der Waals surface area contributed by atoms with Crippen molar-refractivity contribution in [3.05, 3.63) is 46.1 Å². The second-order valence-electron chi connectivity index (χ2n) is 5.31. The number of hydrogen-bond acceptors (Lipinski definition) is 3. The molecule has 0 bridgehead atoms. The van der Waals surface area contributed by atoms with Crippen LogP contribution >= 0.6 is 12.2 Å². The molecule has 0 saturated heterocycles. The zero-order valence-electron chi connectivity index (χ0n) is 12.2. The summed E-state index contributed by atoms with van der Waals surface area (Å²) >= 11 is 5.24. The SMILES string of the molecule is Cc1[nH]c2ccccc2c1/C=N\n1c(C(C)C)n[nH]c1=S. The van der Waals surface area contributed by atoms with Crippen LogP contribution in [0.1, 0.15) is 36.8 Å². The van der Waals surface area contributed by atoms with Crippen LogP contribution in [0.15, 0.2) is 29.4 Å². The van der Waals surface area contributed by atoms with Crippen LogP contribution in [0.4, 0.5) is 0 Å². The zero-order chi connectivity index (χ0) is 15.0. The summed E-state index contributed by atoms with van der Waals surface area (Å²) in [5.41, 5.74) is 3.26. The van der Waals surface area contributed by atoms with Gasteiger partial charge in [0.25, 0.3) is 0 Å². The van der Waals surface area contributed by atoms with E-state index in [1.165, 1.54) is 0 Å². The predicted molar refractivity (Wildman–Crippen MR) is 87.5 cm³/mol. The number of para-hydroxylation sites is 1. The molecule has 1 aromatic carbocycles. The van der Waals surface area contributed by atoms with Crippen molar-refractivity contribution in [3.8, 4) is 0 Å². The van der Waals surface area contributed by atoms with Gasteiger partial charge in [-0.15, -0.1) is 0 Å². The summed E-state index contributed by atoms with van der Waals surface area (Å²) in [5.74, 6) is 1.08. The van der Waals surface area contributed by atoms with Gasteiger partial charge in [0.15, 0.2) is 5.82 Å². The lowest BCUT2D eigenvalue weighted by molar-refractivity contribution is 0.695. The number of benzene rings is 1. The normalized spacial score (nSPS) is 12.0. The Hall–Kier alpha value is -2.21. The van der Waals surface area contributed by atoms with Crippen molar-refractivity contribution in [3.63, 3.8) is 0 Å². The summed E-state index contributed by atoms with van der Waals surface area (Å²) in [5, 5.41) is 12.7. The van der Waals surface area contributed by atoms with E-state index in [1.807, 2.05) is 25.3 Å². The molecular formula is C15H17N5S. The number of H-pyrrole nitrogens is 2. The molecule has 0 spiro atoms. The Morgan fingerprint density at radius 3 is 2.86 bits per heavy atom. The van der Waals surface area contributed by atoms with Gasteiger partial charge in [0.05, 0.1) is 6.21 Å². The van der Waals surface area contributed by atoms with Crippen molar-refractivity contribution in [1.82, 2.24) is 19.9 Å². The minimum atomic E-state index is 0.249. The Kier molecular flexibility index (Phi) is 3.47. The average Bonchev–Trinajstić information content (AvgIpc) is 2.96. The van der Waals surface area contributed by atoms with E-state index in [9.17, 15) is 0 Å². The van der Waals surface area contributed by atoms with Gasteiger partial charge >= 0.3 is 0 Å². The molecule has 0 aliphatic rings. The number of rotatable bonds is 3. The molecule has 0 radical (unpaired) electrons. The van der Waals surface area contributed by atoms with Gasteiger partial charge in [-0.05, 0) is 25.2 Å². The first-order chi connectivity index (χ1) is 10.1. The van der Waals surface area contributed by atoms with E-state index in [4.69, 9.17) is 12.2 Å². The fourth-order valence-electron chi connectivity index (χ4n) is 2.37. The number of aromatic amines is 2. The monoisotopic (exact) mass is 299 g/mol. The highest BCUT2D eigenvalue weighted by Gasteiger charge is 2.10. The molecule has 0 unspecified atom stereocenters. The largest absolute Gasteiger partial charge is 0.358 e. The van der Waals surface area contributed by atoms with Crippen LogP contribution in [-0.4, -0.2) is 26.1 Å². The van der Waals surface area contributed by atoms with Crippen molar-refractivity contribution in [2.75, 3.05) is 0 Å². The Balaban J connectivity index is 2.09. The van der Waals surface area contributed by atoms with Gasteiger partial charge in [-0.1, -0.05) is 32.0 Å². The van der Waals surface area contributed by atoms with Gasteiger partial charge in [0, 0.05) is 28.1 Å². The molecule has 2 aromatic heterocycles. The van der Waals surface area contributed by atoms with Crippen LogP contribution in [0.2, 0.25) is 0 Å². The summed E-state index contributed by atoms with van der Waals surface area (Å²) in [6.07, 6.45) is 1.84. The topological polar surface area (TPSA) is 61.8 Å². The second-order valence-corrected chi connectivity index (χ2v) is 5.69. The second kappa shape index (κ2) is 5.29. The molecule has 2 heterocycles. The molecule has 2 N–H and O–H groups in total. The van der Waals surface area contributed by atoms with E-state index in [0.717, 1.165) is 28.0 Å². The average molecular weight is 299 g/mol. The molecular weight excluding hydrogens is 282 g/mol. The molecule has 0 saturated carbocycles. The van der Waals surface area contributed by atoms with E-state index in [2.05, 4.69) is 46.3 Å². The number of hydrogen-bond donors (Lipinski definition) is 2. The molecule has 108 valence electrons. The van der Waals surface area contributed by atoms with Crippen LogP contribution in [0, 0.1) is 11.7 Å². The predicted octanol–water partition coefficient (Wildman–Crippen LogP) is 3.74. The lowest BCUT2D eigenvalue weighted by Crippen LogP contribution is -2.01. The van der Waals surface area contributed by atoms with E-state index >= 15 is 0 Å². The Bertz CT molecular complexity index is 866. The van der Waals surface area contributed by atoms with Crippen molar-refractivity contribution in [1.29, 1.82) is 0 Å². The zero-order valence-corrected chi connectivity index (χ0v) is 13.0. The van der Waals surface area contributed by atoms with Crippen molar-refractivity contribution in [2.45, 2.75) is 26.7 Å². The van der Waals surface area contributed by atoms with Gasteiger partial charge in [-0.3, -0.25) is 5.10 Å². The molecule has 0 aliphatic carbocycles. The third-order valence-corrected chi connectivity index (χ3v) is 3.70. The van der Waals surface area contributed by atoms with Crippen LogP contribution < -0.4 is 0 Å². The summed E-state index contributed by atoms with van der Waals surface area (Å²) < 4.78 is 2.19. The van der Waals surface area contributed by atoms with Crippen LogP contribution in [0.3, 0.4) is 0 Å². The molecule has 0 amide bonds. The first-order valence-electron chi connectivity index (χ1n) is 6.87. The van der Waals surface area contributed by atoms with Crippen LogP contribution in [0.25, 0.3) is 10.9 Å². The first kappa shape index (κ1) is 13.8. The summed E-state index contributed by atoms with van der Waals surface area (Å²) in [7, 11) is 0. The number of aryl methyl sites for hydroxylation is 1. The highest BCUT2D eigenvalue weighted by atomic mass is 32.1. The maximum atomic E-state index is 5.24. The number of nitrogens with zero attached hydrogens (tertiary/aromatic N) is 3. The summed E-state index contributed by atoms with van der Waals surface area (Å²) in [6.45, 7) is 6.17. The maximum absolute atomic E-state index is 5.24. The van der Waals surface area contributed by atoms with Gasteiger partial charge in [-0.25, -0.2) is 0 Å². The van der Waals surface area contributed by atoms with E-state index in [1.54, 1.807) is 4.68 Å². The highest BCUT2D eigenvalue weighted by Crippen LogP contribution is 2.20. The third-order valence-electron chi connectivity index (χ3n) is 3.44. The molecule has 3 rings (SSSR count). The van der Waals surface area contributed by atoms with E-state index < -0.39 is 0 Å². The Morgan fingerprint density at radius 2 is 2.10 bits per heavy atom. The first-order valence-corrected chi connectivity index (χ1v) is 7.27. The number of fused-ring (bicyclic) bond motifs is 1. The van der Waals surface area contributed by atoms with Crippen molar-refractivity contribution in [2.24, 2.45) is 5.10 Å². The fourth-order valence-corrected chi connectivity index (χ4v) is 2.56. The molecule has 5 nitrogen and oxygen atoms in total. The smallest absolute Gasteiger partial charge is 0.216 e. The minimum Gasteiger partial charge on any atom is -0.358 e. The maximum Gasteiger partial charge on any atom is 0.216 e. The lowest BCUT2D eigenvalue weighted by Gasteiger charge is -2.02. The lowest BCUT2D eigenvalue weighted by atomic mass is 10.1. The molecule has 0 atom stereocenters. The fraction of sp³-hybridized carbons (Fsp3) is 0.267. The van der Waals surface area contributed by atoms with Crippen LogP contribution in [0.5, 0.6) is 0 Å². The van der Waals surface area contributed by atoms with Gasteiger partial charge in [0.2, 0.25) is 4.77 Å². The third kappa shape index (κ3) is 2.42. The molecule has 0 aliphatic heterocycles. The van der Waals surface area contributed by atoms with Gasteiger partial charge in [0.1, 0.15) is 0 Å². The molecule has 21 heavy (non-hydrogen) atoms. The molecule has 0 fully saturated rings. The number of aromatic nitrogens is 4. The summed E-state index contributed by atoms with van der Waals surface area (Å²) in [4.78, 5) is 3.36. The Labute approximate surface area is 127 Å². The number of nitrogens with one attached hydrogen (secondary N) is 2. The van der Waals surface area contributed by atoms with Gasteiger partial charge < -0.3 is 4.98 Å². The van der Waals surface area contributed by atoms with Crippen molar-refractivity contribution < 1.29 is 0 Å². The van der Waals surface area contributed by atoms with Gasteiger partial charge in [-0.2, -0.15) is 14.9 Å². The highest BCUT2D eigenvalue weighted by molar-refractivity contribution is 7.71.